The highest BCUT2D eigenvalue weighted by atomic mass is 16.2. The standard InChI is InChI=1S/C19H28N2O2/c1-14-7-10-20(11-8-14)19(23)9-12-21(17(4)22)18-6-5-15(2)16(3)13-18/h5-6,13-14H,7-12H2,1-4H3. The highest BCUT2D eigenvalue weighted by Gasteiger charge is 2.21. The fraction of sp³-hybridized carbons (Fsp3) is 0.579. The monoisotopic (exact) mass is 316 g/mol. The second-order valence-electron chi connectivity index (χ2n) is 6.75. The molecule has 4 heteroatoms. The van der Waals surface area contributed by atoms with Crippen molar-refractivity contribution in [3.8, 4) is 0 Å². The molecule has 2 amide bonds. The number of amides is 2. The Bertz CT molecular complexity index is 575. The van der Waals surface area contributed by atoms with Crippen LogP contribution < -0.4 is 4.90 Å². The van der Waals surface area contributed by atoms with E-state index in [1.807, 2.05) is 30.0 Å². The zero-order chi connectivity index (χ0) is 17.0. The van der Waals surface area contributed by atoms with E-state index in [0.29, 0.717) is 18.9 Å². The van der Waals surface area contributed by atoms with Crippen molar-refractivity contribution < 1.29 is 9.59 Å². The van der Waals surface area contributed by atoms with Gasteiger partial charge in [0.2, 0.25) is 11.8 Å². The number of hydrogen-bond donors (Lipinski definition) is 0. The van der Waals surface area contributed by atoms with Gasteiger partial charge in [0.1, 0.15) is 0 Å². The Morgan fingerprint density at radius 3 is 2.39 bits per heavy atom. The van der Waals surface area contributed by atoms with E-state index in [2.05, 4.69) is 13.8 Å². The molecule has 1 aliphatic heterocycles. The first-order chi connectivity index (χ1) is 10.9. The molecule has 1 aliphatic rings. The van der Waals surface area contributed by atoms with Gasteiger partial charge in [-0.2, -0.15) is 0 Å². The van der Waals surface area contributed by atoms with Crippen LogP contribution in [0.25, 0.3) is 0 Å². The van der Waals surface area contributed by atoms with Crippen LogP contribution in [0.15, 0.2) is 18.2 Å². The van der Waals surface area contributed by atoms with E-state index in [1.54, 1.807) is 11.8 Å². The Morgan fingerprint density at radius 2 is 1.83 bits per heavy atom. The SMILES string of the molecule is CC(=O)N(CCC(=O)N1CCC(C)CC1)c1ccc(C)c(C)c1. The lowest BCUT2D eigenvalue weighted by molar-refractivity contribution is -0.132. The summed E-state index contributed by atoms with van der Waals surface area (Å²) in [7, 11) is 0. The first-order valence-electron chi connectivity index (χ1n) is 8.51. The van der Waals surface area contributed by atoms with Crippen LogP contribution in [-0.2, 0) is 9.59 Å². The Labute approximate surface area is 139 Å². The molecule has 1 saturated heterocycles. The third kappa shape index (κ3) is 4.57. The summed E-state index contributed by atoms with van der Waals surface area (Å²) in [4.78, 5) is 28.0. The predicted molar refractivity (Wildman–Crippen MR) is 93.5 cm³/mol. The van der Waals surface area contributed by atoms with E-state index in [0.717, 1.165) is 37.2 Å². The minimum atomic E-state index is -0.0201. The fourth-order valence-electron chi connectivity index (χ4n) is 2.99. The molecule has 0 bridgehead atoms. The van der Waals surface area contributed by atoms with Gasteiger partial charge in [-0.05, 0) is 55.9 Å². The van der Waals surface area contributed by atoms with Crippen LogP contribution in [-0.4, -0.2) is 36.3 Å². The second kappa shape index (κ2) is 7.62. The summed E-state index contributed by atoms with van der Waals surface area (Å²) in [6.07, 6.45) is 2.56. The van der Waals surface area contributed by atoms with E-state index >= 15 is 0 Å². The summed E-state index contributed by atoms with van der Waals surface area (Å²) in [5.74, 6) is 0.851. The number of hydrogen-bond acceptors (Lipinski definition) is 2. The molecule has 0 unspecified atom stereocenters. The van der Waals surface area contributed by atoms with Crippen molar-refractivity contribution in [3.05, 3.63) is 29.3 Å². The number of rotatable bonds is 4. The van der Waals surface area contributed by atoms with Gasteiger partial charge >= 0.3 is 0 Å². The van der Waals surface area contributed by atoms with Gasteiger partial charge in [0.15, 0.2) is 0 Å². The largest absolute Gasteiger partial charge is 0.343 e. The average molecular weight is 316 g/mol. The number of carbonyl (C=O) groups is 2. The van der Waals surface area contributed by atoms with Crippen LogP contribution in [0.5, 0.6) is 0 Å². The van der Waals surface area contributed by atoms with Crippen molar-refractivity contribution >= 4 is 17.5 Å². The van der Waals surface area contributed by atoms with Crippen molar-refractivity contribution in [1.82, 2.24) is 4.90 Å². The molecular weight excluding hydrogens is 288 g/mol. The zero-order valence-electron chi connectivity index (χ0n) is 14.8. The van der Waals surface area contributed by atoms with E-state index in [4.69, 9.17) is 0 Å². The Hall–Kier alpha value is -1.84. The molecule has 126 valence electrons. The summed E-state index contributed by atoms with van der Waals surface area (Å²) in [5.41, 5.74) is 3.24. The summed E-state index contributed by atoms with van der Waals surface area (Å²) in [6.45, 7) is 10.0. The molecule has 4 nitrogen and oxygen atoms in total. The number of piperidine rings is 1. The van der Waals surface area contributed by atoms with Crippen molar-refractivity contribution in [2.75, 3.05) is 24.5 Å². The van der Waals surface area contributed by atoms with Crippen LogP contribution in [0.4, 0.5) is 5.69 Å². The molecule has 23 heavy (non-hydrogen) atoms. The Morgan fingerprint density at radius 1 is 1.17 bits per heavy atom. The molecule has 1 aromatic carbocycles. The normalized spacial score (nSPS) is 15.6. The molecule has 2 rings (SSSR count). The molecule has 0 aliphatic carbocycles. The molecule has 1 aromatic rings. The third-order valence-corrected chi connectivity index (χ3v) is 4.87. The smallest absolute Gasteiger partial charge is 0.224 e. The Kier molecular flexibility index (Phi) is 5.80. The number of anilines is 1. The highest BCUT2D eigenvalue weighted by molar-refractivity contribution is 5.92. The van der Waals surface area contributed by atoms with Crippen molar-refractivity contribution in [2.45, 2.75) is 47.0 Å². The van der Waals surface area contributed by atoms with Gasteiger partial charge < -0.3 is 9.80 Å². The Balaban J connectivity index is 1.98. The number of nitrogens with zero attached hydrogens (tertiary/aromatic N) is 2. The first-order valence-corrected chi connectivity index (χ1v) is 8.51. The van der Waals surface area contributed by atoms with Crippen LogP contribution in [0, 0.1) is 19.8 Å². The van der Waals surface area contributed by atoms with E-state index in [9.17, 15) is 9.59 Å². The van der Waals surface area contributed by atoms with Gasteiger partial charge in [0.25, 0.3) is 0 Å². The van der Waals surface area contributed by atoms with Gasteiger partial charge in [0, 0.05) is 38.7 Å². The molecule has 1 heterocycles. The number of aryl methyl sites for hydroxylation is 2. The molecule has 0 spiro atoms. The van der Waals surface area contributed by atoms with Crippen molar-refractivity contribution in [1.29, 1.82) is 0 Å². The first kappa shape index (κ1) is 17.5. The molecule has 0 atom stereocenters. The summed E-state index contributed by atoms with van der Waals surface area (Å²) in [6, 6.07) is 6.00. The van der Waals surface area contributed by atoms with Crippen LogP contribution >= 0.6 is 0 Å². The third-order valence-electron chi connectivity index (χ3n) is 4.87. The lowest BCUT2D eigenvalue weighted by atomic mass is 9.99. The van der Waals surface area contributed by atoms with Gasteiger partial charge in [-0.1, -0.05) is 13.0 Å². The van der Waals surface area contributed by atoms with Gasteiger partial charge in [-0.25, -0.2) is 0 Å². The van der Waals surface area contributed by atoms with Crippen LogP contribution in [0.2, 0.25) is 0 Å². The molecular formula is C19H28N2O2. The fourth-order valence-corrected chi connectivity index (χ4v) is 2.99. The predicted octanol–water partition coefficient (Wildman–Crippen LogP) is 3.30. The number of likely N-dealkylation sites (tertiary alicyclic amines) is 1. The maximum Gasteiger partial charge on any atom is 0.224 e. The van der Waals surface area contributed by atoms with E-state index in [-0.39, 0.29) is 11.8 Å². The van der Waals surface area contributed by atoms with Gasteiger partial charge in [0.05, 0.1) is 0 Å². The summed E-state index contributed by atoms with van der Waals surface area (Å²) >= 11 is 0. The van der Waals surface area contributed by atoms with Crippen LogP contribution in [0.3, 0.4) is 0 Å². The molecule has 0 aromatic heterocycles. The van der Waals surface area contributed by atoms with E-state index < -0.39 is 0 Å². The number of benzene rings is 1. The summed E-state index contributed by atoms with van der Waals surface area (Å²) in [5, 5.41) is 0. The van der Waals surface area contributed by atoms with Crippen molar-refractivity contribution in [3.63, 3.8) is 0 Å². The quantitative estimate of drug-likeness (QED) is 0.855. The van der Waals surface area contributed by atoms with Gasteiger partial charge in [-0.15, -0.1) is 0 Å². The van der Waals surface area contributed by atoms with E-state index in [1.165, 1.54) is 5.56 Å². The van der Waals surface area contributed by atoms with Crippen molar-refractivity contribution in [2.24, 2.45) is 5.92 Å². The molecule has 1 fully saturated rings. The minimum Gasteiger partial charge on any atom is -0.343 e. The highest BCUT2D eigenvalue weighted by Crippen LogP contribution is 2.20. The minimum absolute atomic E-state index is 0.0201. The zero-order valence-corrected chi connectivity index (χ0v) is 14.8. The maximum absolute atomic E-state index is 12.4. The second-order valence-corrected chi connectivity index (χ2v) is 6.75. The maximum atomic E-state index is 12.4. The molecule has 0 N–H and O–H groups in total. The number of carbonyl (C=O) groups excluding carboxylic acids is 2. The summed E-state index contributed by atoms with van der Waals surface area (Å²) < 4.78 is 0. The topological polar surface area (TPSA) is 40.6 Å². The van der Waals surface area contributed by atoms with Gasteiger partial charge in [-0.3, -0.25) is 9.59 Å². The molecule has 0 radical (unpaired) electrons. The lowest BCUT2D eigenvalue weighted by Gasteiger charge is -2.31. The molecule has 0 saturated carbocycles. The average Bonchev–Trinajstić information content (AvgIpc) is 2.51. The van der Waals surface area contributed by atoms with Crippen LogP contribution in [0.1, 0.15) is 44.2 Å². The lowest BCUT2D eigenvalue weighted by Crippen LogP contribution is -2.40.